The Bertz CT molecular complexity index is 520. The molecule has 2 atom stereocenters. The van der Waals surface area contributed by atoms with E-state index in [1.807, 2.05) is 4.68 Å². The summed E-state index contributed by atoms with van der Waals surface area (Å²) < 4.78 is 6.64. The van der Waals surface area contributed by atoms with Gasteiger partial charge in [0.15, 0.2) is 0 Å². The van der Waals surface area contributed by atoms with Gasteiger partial charge in [-0.05, 0) is 13.8 Å². The fourth-order valence-corrected chi connectivity index (χ4v) is 4.50. The van der Waals surface area contributed by atoms with Crippen LogP contribution >= 0.6 is 11.8 Å². The summed E-state index contributed by atoms with van der Waals surface area (Å²) in [5.41, 5.74) is 3.54. The summed E-state index contributed by atoms with van der Waals surface area (Å²) in [5.74, 6) is -0.190. The number of thioether (sulfide) groups is 1. The van der Waals surface area contributed by atoms with Crippen molar-refractivity contribution >= 4 is 17.7 Å². The number of hydrogen-bond donors (Lipinski definition) is 0. The maximum Gasteiger partial charge on any atom is 0.307 e. The Morgan fingerprint density at radius 3 is 2.55 bits per heavy atom. The van der Waals surface area contributed by atoms with Crippen LogP contribution in [-0.2, 0) is 22.6 Å². The molecule has 5 nitrogen and oxygen atoms in total. The highest BCUT2D eigenvalue weighted by Crippen LogP contribution is 2.27. The van der Waals surface area contributed by atoms with Gasteiger partial charge < -0.3 is 4.74 Å². The van der Waals surface area contributed by atoms with Gasteiger partial charge in [-0.2, -0.15) is 16.9 Å². The standard InChI is InChI=1S/C16H27N3O2S/c1-11-8-18(9-12(2)22-11)10-15-13(3)17-19(14(15)4)7-6-16(20)21-5/h11-12H,6-10H2,1-5H3. The average Bonchev–Trinajstić information content (AvgIpc) is 2.71. The zero-order valence-corrected chi connectivity index (χ0v) is 15.1. The Morgan fingerprint density at radius 1 is 1.32 bits per heavy atom. The number of methoxy groups -OCH3 is 1. The first-order valence-corrected chi connectivity index (χ1v) is 8.82. The Kier molecular flexibility index (Phi) is 5.92. The molecule has 2 unspecified atom stereocenters. The summed E-state index contributed by atoms with van der Waals surface area (Å²) in [6.07, 6.45) is 0.367. The van der Waals surface area contributed by atoms with Gasteiger partial charge in [0.2, 0.25) is 0 Å². The first-order valence-electron chi connectivity index (χ1n) is 7.88. The molecule has 2 rings (SSSR count). The minimum atomic E-state index is -0.190. The van der Waals surface area contributed by atoms with Crippen LogP contribution in [0.15, 0.2) is 0 Å². The number of rotatable bonds is 5. The topological polar surface area (TPSA) is 47.4 Å². The first-order chi connectivity index (χ1) is 10.4. The van der Waals surface area contributed by atoms with E-state index >= 15 is 0 Å². The van der Waals surface area contributed by atoms with Crippen LogP contribution in [0.4, 0.5) is 0 Å². The SMILES string of the molecule is COC(=O)CCn1nc(C)c(CN2CC(C)SC(C)C2)c1C. The maximum atomic E-state index is 11.3. The molecule has 22 heavy (non-hydrogen) atoms. The lowest BCUT2D eigenvalue weighted by atomic mass is 10.1. The van der Waals surface area contributed by atoms with Crippen LogP contribution in [0, 0.1) is 13.8 Å². The van der Waals surface area contributed by atoms with E-state index in [1.165, 1.54) is 18.4 Å². The molecule has 0 amide bonds. The Hall–Kier alpha value is -1.01. The van der Waals surface area contributed by atoms with Crippen LogP contribution in [-0.4, -0.2) is 51.3 Å². The number of carbonyl (C=O) groups excluding carboxylic acids is 1. The third-order valence-electron chi connectivity index (χ3n) is 4.16. The Labute approximate surface area is 137 Å². The van der Waals surface area contributed by atoms with Gasteiger partial charge in [0.25, 0.3) is 0 Å². The monoisotopic (exact) mass is 325 g/mol. The van der Waals surface area contributed by atoms with E-state index in [1.54, 1.807) is 0 Å². The number of esters is 1. The van der Waals surface area contributed by atoms with Gasteiger partial charge in [-0.3, -0.25) is 14.4 Å². The van der Waals surface area contributed by atoms with Gasteiger partial charge in [0.1, 0.15) is 0 Å². The summed E-state index contributed by atoms with van der Waals surface area (Å²) in [4.78, 5) is 13.8. The van der Waals surface area contributed by atoms with E-state index in [0.717, 1.165) is 25.3 Å². The van der Waals surface area contributed by atoms with Crippen LogP contribution in [0.2, 0.25) is 0 Å². The Balaban J connectivity index is 2.05. The molecule has 1 saturated heterocycles. The zero-order valence-electron chi connectivity index (χ0n) is 14.3. The lowest BCUT2D eigenvalue weighted by molar-refractivity contribution is -0.140. The van der Waals surface area contributed by atoms with Gasteiger partial charge in [-0.15, -0.1) is 0 Å². The lowest BCUT2D eigenvalue weighted by Crippen LogP contribution is -2.39. The second kappa shape index (κ2) is 7.51. The minimum absolute atomic E-state index is 0.190. The molecule has 124 valence electrons. The second-order valence-corrected chi connectivity index (χ2v) is 8.03. The fraction of sp³-hybridized carbons (Fsp3) is 0.750. The smallest absolute Gasteiger partial charge is 0.307 e. The molecule has 0 N–H and O–H groups in total. The van der Waals surface area contributed by atoms with Crippen molar-refractivity contribution in [3.63, 3.8) is 0 Å². The highest BCUT2D eigenvalue weighted by atomic mass is 32.2. The maximum absolute atomic E-state index is 11.3. The predicted molar refractivity (Wildman–Crippen MR) is 90.1 cm³/mol. The van der Waals surface area contributed by atoms with Crippen molar-refractivity contribution in [1.29, 1.82) is 0 Å². The van der Waals surface area contributed by atoms with Gasteiger partial charge in [0.05, 0.1) is 25.8 Å². The molecule has 1 aromatic heterocycles. The largest absolute Gasteiger partial charge is 0.469 e. The molecule has 0 radical (unpaired) electrons. The molecule has 6 heteroatoms. The number of aromatic nitrogens is 2. The van der Waals surface area contributed by atoms with Gasteiger partial charge in [-0.25, -0.2) is 0 Å². The van der Waals surface area contributed by atoms with E-state index < -0.39 is 0 Å². The average molecular weight is 325 g/mol. The Morgan fingerprint density at radius 2 is 1.95 bits per heavy atom. The quantitative estimate of drug-likeness (QED) is 0.778. The zero-order chi connectivity index (χ0) is 16.3. The normalized spacial score (nSPS) is 22.8. The van der Waals surface area contributed by atoms with E-state index in [2.05, 4.69) is 49.5 Å². The first kappa shape index (κ1) is 17.3. The minimum Gasteiger partial charge on any atom is -0.469 e. The van der Waals surface area contributed by atoms with Crippen molar-refractivity contribution in [2.75, 3.05) is 20.2 Å². The lowest BCUT2D eigenvalue weighted by Gasteiger charge is -2.34. The number of nitrogens with zero attached hydrogens (tertiary/aromatic N) is 3. The molecule has 0 saturated carbocycles. The molecule has 1 aromatic rings. The predicted octanol–water partition coefficient (Wildman–Crippen LogP) is 2.39. The molecule has 0 aromatic carbocycles. The summed E-state index contributed by atoms with van der Waals surface area (Å²) in [7, 11) is 1.42. The van der Waals surface area contributed by atoms with Gasteiger partial charge in [-0.1, -0.05) is 13.8 Å². The summed E-state index contributed by atoms with van der Waals surface area (Å²) in [6, 6.07) is 0. The number of hydrogen-bond acceptors (Lipinski definition) is 5. The van der Waals surface area contributed by atoms with Crippen molar-refractivity contribution in [1.82, 2.24) is 14.7 Å². The molecular weight excluding hydrogens is 298 g/mol. The van der Waals surface area contributed by atoms with E-state index in [0.29, 0.717) is 23.5 Å². The highest BCUT2D eigenvalue weighted by molar-refractivity contribution is 8.00. The summed E-state index contributed by atoms with van der Waals surface area (Å²) >= 11 is 2.07. The van der Waals surface area contributed by atoms with Crippen molar-refractivity contribution in [3.05, 3.63) is 17.0 Å². The highest BCUT2D eigenvalue weighted by Gasteiger charge is 2.24. The van der Waals surface area contributed by atoms with E-state index in [9.17, 15) is 4.79 Å². The summed E-state index contributed by atoms with van der Waals surface area (Å²) in [5, 5.41) is 5.96. The van der Waals surface area contributed by atoms with E-state index in [-0.39, 0.29) is 5.97 Å². The van der Waals surface area contributed by atoms with Crippen LogP contribution in [0.1, 0.15) is 37.2 Å². The van der Waals surface area contributed by atoms with Gasteiger partial charge in [0, 0.05) is 41.4 Å². The molecule has 0 bridgehead atoms. The van der Waals surface area contributed by atoms with Gasteiger partial charge >= 0.3 is 5.97 Å². The van der Waals surface area contributed by atoms with Crippen LogP contribution in [0.5, 0.6) is 0 Å². The van der Waals surface area contributed by atoms with Crippen molar-refractivity contribution < 1.29 is 9.53 Å². The number of aryl methyl sites for hydroxylation is 2. The molecule has 0 aliphatic carbocycles. The molecule has 0 spiro atoms. The van der Waals surface area contributed by atoms with E-state index in [4.69, 9.17) is 4.74 Å². The van der Waals surface area contributed by atoms with Crippen LogP contribution in [0.25, 0.3) is 0 Å². The molecule has 1 aliphatic heterocycles. The molecule has 1 aliphatic rings. The van der Waals surface area contributed by atoms with Crippen LogP contribution < -0.4 is 0 Å². The second-order valence-electron chi connectivity index (χ2n) is 6.15. The number of ether oxygens (including phenoxy) is 1. The van der Waals surface area contributed by atoms with Crippen molar-refractivity contribution in [3.8, 4) is 0 Å². The fourth-order valence-electron chi connectivity index (χ4n) is 3.12. The van der Waals surface area contributed by atoms with Crippen molar-refractivity contribution in [2.45, 2.75) is 57.7 Å². The third-order valence-corrected chi connectivity index (χ3v) is 5.39. The van der Waals surface area contributed by atoms with Crippen molar-refractivity contribution in [2.24, 2.45) is 0 Å². The molecule has 2 heterocycles. The summed E-state index contributed by atoms with van der Waals surface area (Å²) in [6.45, 7) is 12.5. The number of carbonyl (C=O) groups is 1. The van der Waals surface area contributed by atoms with Crippen LogP contribution in [0.3, 0.4) is 0 Å². The third kappa shape index (κ3) is 4.26. The molecule has 1 fully saturated rings. The molecular formula is C16H27N3O2S.